The first-order valence-corrected chi connectivity index (χ1v) is 10.0. The number of rotatable bonds is 8. The minimum atomic E-state index is -1.10. The first kappa shape index (κ1) is 25.9. The van der Waals surface area contributed by atoms with Gasteiger partial charge in [0.2, 0.25) is 5.91 Å². The minimum absolute atomic E-state index is 0.0614. The summed E-state index contributed by atoms with van der Waals surface area (Å²) in [6.07, 6.45) is 0.552. The van der Waals surface area contributed by atoms with E-state index in [0.29, 0.717) is 12.8 Å². The van der Waals surface area contributed by atoms with Crippen LogP contribution in [0, 0.1) is 16.0 Å². The number of piperidine rings is 1. The topological polar surface area (TPSA) is 189 Å². The van der Waals surface area contributed by atoms with Crippen molar-refractivity contribution in [3.8, 4) is 0 Å². The standard InChI is InChI=1S/C18H32N6O7/c1-11-7-9-23(13(10-11)15(26)27)14(25)12(21-17(28)31-18(2,3)4)6-5-8-20-16(19)22-24(29)30/h11-13H,5-10H2,1-4H3,(H,21,28)(H,26,27)(H3,19,20,22)/t11-,12?,13-/m1/s1. The van der Waals surface area contributed by atoms with Crippen molar-refractivity contribution in [3.05, 3.63) is 10.1 Å². The van der Waals surface area contributed by atoms with Gasteiger partial charge in [-0.2, -0.15) is 0 Å². The van der Waals surface area contributed by atoms with Crippen LogP contribution in [0.25, 0.3) is 0 Å². The number of carboxylic acids is 1. The van der Waals surface area contributed by atoms with Gasteiger partial charge in [0.05, 0.1) is 0 Å². The Kier molecular flexibility index (Phi) is 9.46. The normalized spacial score (nSPS) is 20.5. The Morgan fingerprint density at radius 1 is 1.39 bits per heavy atom. The van der Waals surface area contributed by atoms with Gasteiger partial charge in [0.15, 0.2) is 5.03 Å². The van der Waals surface area contributed by atoms with Crippen LogP contribution in [0.4, 0.5) is 4.79 Å². The molecule has 5 N–H and O–H groups in total. The van der Waals surface area contributed by atoms with Crippen LogP contribution in [0.1, 0.15) is 53.4 Å². The van der Waals surface area contributed by atoms with Crippen molar-refractivity contribution in [3.63, 3.8) is 0 Å². The van der Waals surface area contributed by atoms with Crippen LogP contribution in [0.3, 0.4) is 0 Å². The summed E-state index contributed by atoms with van der Waals surface area (Å²) < 4.78 is 5.22. The molecular weight excluding hydrogens is 412 g/mol. The molecule has 13 nitrogen and oxygen atoms in total. The van der Waals surface area contributed by atoms with Crippen LogP contribution in [0.5, 0.6) is 0 Å². The Morgan fingerprint density at radius 2 is 2.03 bits per heavy atom. The van der Waals surface area contributed by atoms with Crippen molar-refractivity contribution >= 4 is 23.9 Å². The van der Waals surface area contributed by atoms with E-state index < -0.39 is 40.7 Å². The monoisotopic (exact) mass is 444 g/mol. The quantitative estimate of drug-likeness (QED) is 0.135. The molecule has 0 radical (unpaired) electrons. The number of likely N-dealkylation sites (tertiary alicyclic amines) is 1. The lowest BCUT2D eigenvalue weighted by Gasteiger charge is -2.38. The molecule has 1 aliphatic rings. The number of hydrogen-bond acceptors (Lipinski definition) is 7. The summed E-state index contributed by atoms with van der Waals surface area (Å²) >= 11 is 0. The maximum absolute atomic E-state index is 13.1. The van der Waals surface area contributed by atoms with E-state index in [-0.39, 0.29) is 37.8 Å². The molecule has 1 unspecified atom stereocenters. The molecule has 1 saturated heterocycles. The number of amides is 2. The largest absolute Gasteiger partial charge is 0.480 e. The minimum Gasteiger partial charge on any atom is -0.480 e. The lowest BCUT2D eigenvalue weighted by Crippen LogP contribution is -2.56. The van der Waals surface area contributed by atoms with Crippen LogP contribution in [0.2, 0.25) is 0 Å². The summed E-state index contributed by atoms with van der Waals surface area (Å²) in [6, 6.07) is -2.01. The zero-order valence-electron chi connectivity index (χ0n) is 18.3. The van der Waals surface area contributed by atoms with E-state index >= 15 is 0 Å². The number of nitrogens with zero attached hydrogens (tertiary/aromatic N) is 3. The van der Waals surface area contributed by atoms with E-state index in [2.05, 4.69) is 10.3 Å². The maximum Gasteiger partial charge on any atom is 0.408 e. The van der Waals surface area contributed by atoms with Gasteiger partial charge in [-0.05, 0) is 52.4 Å². The third kappa shape index (κ3) is 9.49. The summed E-state index contributed by atoms with van der Waals surface area (Å²) in [5.41, 5.74) is 6.27. The van der Waals surface area contributed by atoms with Gasteiger partial charge < -0.3 is 25.8 Å². The van der Waals surface area contributed by atoms with E-state index in [0.717, 1.165) is 0 Å². The second kappa shape index (κ2) is 11.3. The molecule has 1 heterocycles. The molecule has 3 atom stereocenters. The molecule has 0 aliphatic carbocycles. The number of aliphatic carboxylic acids is 1. The van der Waals surface area contributed by atoms with Crippen molar-refractivity contribution in [2.75, 3.05) is 13.1 Å². The molecule has 176 valence electrons. The average Bonchev–Trinajstić information content (AvgIpc) is 2.61. The average molecular weight is 444 g/mol. The fourth-order valence-electron chi connectivity index (χ4n) is 3.17. The van der Waals surface area contributed by atoms with Crippen molar-refractivity contribution < 1.29 is 29.3 Å². The molecule has 31 heavy (non-hydrogen) atoms. The highest BCUT2D eigenvalue weighted by Crippen LogP contribution is 2.24. The molecular formula is C18H32N6O7. The number of alkyl carbamates (subject to hydrolysis) is 1. The van der Waals surface area contributed by atoms with Crippen molar-refractivity contribution in [1.82, 2.24) is 15.6 Å². The van der Waals surface area contributed by atoms with Crippen LogP contribution >= 0.6 is 0 Å². The number of carbonyl (C=O) groups is 3. The van der Waals surface area contributed by atoms with Crippen LogP contribution in [-0.4, -0.2) is 69.7 Å². The summed E-state index contributed by atoms with van der Waals surface area (Å²) in [5, 5.41) is 21.5. The molecule has 2 amide bonds. The van der Waals surface area contributed by atoms with Gasteiger partial charge in [0.25, 0.3) is 5.96 Å². The van der Waals surface area contributed by atoms with Gasteiger partial charge in [-0.1, -0.05) is 12.3 Å². The summed E-state index contributed by atoms with van der Waals surface area (Å²) in [7, 11) is 0. The summed E-state index contributed by atoms with van der Waals surface area (Å²) in [5.74, 6) is -1.84. The van der Waals surface area contributed by atoms with Crippen molar-refractivity contribution in [2.45, 2.75) is 71.1 Å². The summed E-state index contributed by atoms with van der Waals surface area (Å²) in [6.45, 7) is 7.28. The highest BCUT2D eigenvalue weighted by Gasteiger charge is 2.38. The van der Waals surface area contributed by atoms with E-state index in [1.165, 1.54) is 4.90 Å². The fraction of sp³-hybridized carbons (Fsp3) is 0.778. The lowest BCUT2D eigenvalue weighted by atomic mass is 9.91. The van der Waals surface area contributed by atoms with Crippen LogP contribution < -0.4 is 16.5 Å². The number of nitro groups is 1. The number of aliphatic imine (C=N–C) groups is 1. The Bertz CT molecular complexity index is 706. The second-order valence-electron chi connectivity index (χ2n) is 8.49. The Labute approximate surface area is 180 Å². The zero-order chi connectivity index (χ0) is 23.8. The third-order valence-corrected chi connectivity index (χ3v) is 4.56. The zero-order valence-corrected chi connectivity index (χ0v) is 18.3. The van der Waals surface area contributed by atoms with Gasteiger partial charge in [-0.25, -0.2) is 24.7 Å². The van der Waals surface area contributed by atoms with E-state index in [9.17, 15) is 29.6 Å². The molecule has 0 aromatic heterocycles. The number of guanidine groups is 1. The molecule has 1 rings (SSSR count). The van der Waals surface area contributed by atoms with Crippen molar-refractivity contribution in [1.29, 1.82) is 0 Å². The second-order valence-corrected chi connectivity index (χ2v) is 8.49. The van der Waals surface area contributed by atoms with Crippen molar-refractivity contribution in [2.24, 2.45) is 16.6 Å². The number of hydrazine groups is 1. The van der Waals surface area contributed by atoms with Crippen LogP contribution in [0.15, 0.2) is 4.99 Å². The van der Waals surface area contributed by atoms with E-state index in [1.54, 1.807) is 26.2 Å². The first-order valence-electron chi connectivity index (χ1n) is 10.0. The van der Waals surface area contributed by atoms with Crippen LogP contribution in [-0.2, 0) is 14.3 Å². The first-order chi connectivity index (χ1) is 14.3. The number of nitrogens with one attached hydrogen (secondary N) is 2. The van der Waals surface area contributed by atoms with Gasteiger partial charge in [-0.15, -0.1) is 0 Å². The van der Waals surface area contributed by atoms with Gasteiger partial charge in [-0.3, -0.25) is 4.79 Å². The van der Waals surface area contributed by atoms with Gasteiger partial charge >= 0.3 is 12.1 Å². The Balaban J connectivity index is 2.89. The predicted molar refractivity (Wildman–Crippen MR) is 111 cm³/mol. The molecule has 0 spiro atoms. The predicted octanol–water partition coefficient (Wildman–Crippen LogP) is 0.468. The van der Waals surface area contributed by atoms with Gasteiger partial charge in [0, 0.05) is 13.1 Å². The molecule has 0 saturated carbocycles. The number of nitrogens with two attached hydrogens (primary N) is 1. The molecule has 0 aromatic rings. The van der Waals surface area contributed by atoms with E-state index in [1.807, 2.05) is 6.92 Å². The third-order valence-electron chi connectivity index (χ3n) is 4.56. The molecule has 13 heteroatoms. The van der Waals surface area contributed by atoms with E-state index in [4.69, 9.17) is 10.5 Å². The number of hydrogen-bond donors (Lipinski definition) is 4. The summed E-state index contributed by atoms with van der Waals surface area (Å²) in [4.78, 5) is 52.4. The highest BCUT2D eigenvalue weighted by molar-refractivity contribution is 5.89. The molecule has 1 fully saturated rings. The lowest BCUT2D eigenvalue weighted by molar-refractivity contribution is -0.525. The molecule has 1 aliphatic heterocycles. The fourth-order valence-corrected chi connectivity index (χ4v) is 3.17. The Morgan fingerprint density at radius 3 is 2.58 bits per heavy atom. The highest BCUT2D eigenvalue weighted by atomic mass is 16.7. The Hall–Kier alpha value is -3.12. The molecule has 0 aromatic carbocycles. The number of carbonyl (C=O) groups excluding carboxylic acids is 2. The maximum atomic E-state index is 13.1. The SMILES string of the molecule is C[C@@H]1CCN(C(=O)C(CCCN=C(N)N[N+](=O)[O-])NC(=O)OC(C)(C)C)[C@@H](C(=O)O)C1. The molecule has 0 bridgehead atoms. The number of carboxylic acid groups (broad SMARTS) is 1. The van der Waals surface area contributed by atoms with Gasteiger partial charge in [0.1, 0.15) is 17.7 Å². The number of ether oxygens (including phenoxy) is 1. The smallest absolute Gasteiger partial charge is 0.408 e.